The van der Waals surface area contributed by atoms with Crippen LogP contribution in [0.5, 0.6) is 0 Å². The zero-order valence-corrected chi connectivity index (χ0v) is 16.1. The molecular formula is C18H18F2N2O3S2. The summed E-state index contributed by atoms with van der Waals surface area (Å²) >= 11 is 1.24. The number of allylic oxidation sites excluding steroid dienone is 1. The second-order valence-electron chi connectivity index (χ2n) is 6.43. The van der Waals surface area contributed by atoms with E-state index in [9.17, 15) is 22.0 Å². The number of thiazole rings is 1. The van der Waals surface area contributed by atoms with Crippen molar-refractivity contribution in [2.75, 3.05) is 11.6 Å². The standard InChI is InChI=1S/C18H18F2N2O3S2/c1-27(24,25)13-4-2-12(3-5-13)14(8-11-9-15(19)16(20)10-11)17(23)22-18-21-6-7-26-18/h2-8,11,15-16H,9-10H2,1H3,(H,21,22,23)/b14-8+/t11-,15+,16-. The largest absolute Gasteiger partial charge is 0.298 e. The van der Waals surface area contributed by atoms with E-state index in [-0.39, 0.29) is 23.3 Å². The second kappa shape index (κ2) is 7.85. The number of halogens is 2. The lowest BCUT2D eigenvalue weighted by Crippen LogP contribution is -2.14. The monoisotopic (exact) mass is 412 g/mol. The van der Waals surface area contributed by atoms with Gasteiger partial charge in [-0.2, -0.15) is 0 Å². The van der Waals surface area contributed by atoms with Crippen molar-refractivity contribution in [3.05, 3.63) is 47.5 Å². The van der Waals surface area contributed by atoms with Crippen LogP contribution in [0.1, 0.15) is 18.4 Å². The summed E-state index contributed by atoms with van der Waals surface area (Å²) in [5, 5.41) is 4.76. The first-order valence-electron chi connectivity index (χ1n) is 8.25. The Hall–Kier alpha value is -2.13. The maximum atomic E-state index is 13.5. The van der Waals surface area contributed by atoms with E-state index in [4.69, 9.17) is 0 Å². The summed E-state index contributed by atoms with van der Waals surface area (Å²) in [6.45, 7) is 0. The van der Waals surface area contributed by atoms with Crippen LogP contribution in [0.15, 0.2) is 46.8 Å². The summed E-state index contributed by atoms with van der Waals surface area (Å²) in [5.41, 5.74) is 0.700. The number of benzene rings is 1. The van der Waals surface area contributed by atoms with Gasteiger partial charge in [-0.05, 0) is 36.5 Å². The molecule has 0 bridgehead atoms. The van der Waals surface area contributed by atoms with E-state index in [2.05, 4.69) is 10.3 Å². The van der Waals surface area contributed by atoms with Crippen LogP contribution in [0.3, 0.4) is 0 Å². The molecule has 1 aliphatic rings. The zero-order valence-electron chi connectivity index (χ0n) is 14.4. The molecule has 1 heterocycles. The average molecular weight is 412 g/mol. The summed E-state index contributed by atoms with van der Waals surface area (Å²) in [6, 6.07) is 5.83. The third-order valence-corrected chi connectivity index (χ3v) is 6.16. The molecular weight excluding hydrogens is 394 g/mol. The molecule has 3 atom stereocenters. The molecule has 0 spiro atoms. The van der Waals surface area contributed by atoms with Crippen molar-refractivity contribution in [2.45, 2.75) is 30.1 Å². The van der Waals surface area contributed by atoms with E-state index in [0.717, 1.165) is 6.26 Å². The summed E-state index contributed by atoms with van der Waals surface area (Å²) < 4.78 is 50.3. The number of carbonyl (C=O) groups excluding carboxylic acids is 1. The first-order chi connectivity index (χ1) is 12.7. The van der Waals surface area contributed by atoms with E-state index in [1.54, 1.807) is 17.7 Å². The molecule has 27 heavy (non-hydrogen) atoms. The predicted octanol–water partition coefficient (Wildman–Crippen LogP) is 3.65. The molecule has 0 aliphatic heterocycles. The van der Waals surface area contributed by atoms with Crippen molar-refractivity contribution in [3.63, 3.8) is 0 Å². The molecule has 1 aliphatic carbocycles. The molecule has 1 amide bonds. The fraction of sp³-hybridized carbons (Fsp3) is 0.333. The van der Waals surface area contributed by atoms with Gasteiger partial charge in [0.15, 0.2) is 15.0 Å². The number of hydrogen-bond acceptors (Lipinski definition) is 5. The molecule has 3 rings (SSSR count). The third-order valence-electron chi connectivity index (χ3n) is 4.34. The average Bonchev–Trinajstić information content (AvgIpc) is 3.22. The highest BCUT2D eigenvalue weighted by Gasteiger charge is 2.34. The Morgan fingerprint density at radius 1 is 1.22 bits per heavy atom. The van der Waals surface area contributed by atoms with Gasteiger partial charge in [0.2, 0.25) is 0 Å². The number of anilines is 1. The lowest BCUT2D eigenvalue weighted by molar-refractivity contribution is -0.111. The summed E-state index contributed by atoms with van der Waals surface area (Å²) in [7, 11) is -3.37. The number of aromatic nitrogens is 1. The molecule has 2 aromatic rings. The van der Waals surface area contributed by atoms with Crippen molar-refractivity contribution in [3.8, 4) is 0 Å². The lowest BCUT2D eigenvalue weighted by Gasteiger charge is -2.11. The van der Waals surface area contributed by atoms with Gasteiger partial charge in [0.25, 0.3) is 5.91 Å². The maximum absolute atomic E-state index is 13.5. The van der Waals surface area contributed by atoms with Crippen molar-refractivity contribution in [1.82, 2.24) is 4.98 Å². The van der Waals surface area contributed by atoms with Gasteiger partial charge in [-0.25, -0.2) is 22.2 Å². The first-order valence-corrected chi connectivity index (χ1v) is 11.0. The Labute approximate surface area is 160 Å². The highest BCUT2D eigenvalue weighted by Crippen LogP contribution is 2.34. The fourth-order valence-corrected chi connectivity index (χ4v) is 4.13. The number of nitrogens with zero attached hydrogens (tertiary/aromatic N) is 1. The smallest absolute Gasteiger partial charge is 0.257 e. The summed E-state index contributed by atoms with van der Waals surface area (Å²) in [6.07, 6.45) is 1.14. The molecule has 1 saturated carbocycles. The van der Waals surface area contributed by atoms with Crippen LogP contribution < -0.4 is 5.32 Å². The van der Waals surface area contributed by atoms with Crippen molar-refractivity contribution < 1.29 is 22.0 Å². The second-order valence-corrected chi connectivity index (χ2v) is 9.34. The SMILES string of the molecule is CS(=O)(=O)c1ccc(/C(=C\[C@H]2C[C@@H](F)[C@@H](F)C2)C(=O)Nc2nccs2)cc1. The Bertz CT molecular complexity index is 931. The van der Waals surface area contributed by atoms with Crippen molar-refractivity contribution in [2.24, 2.45) is 5.92 Å². The molecule has 144 valence electrons. The van der Waals surface area contributed by atoms with Crippen LogP contribution in [0, 0.1) is 5.92 Å². The molecule has 1 aromatic carbocycles. The first kappa shape index (κ1) is 19.6. The van der Waals surface area contributed by atoms with Crippen LogP contribution in [0.2, 0.25) is 0 Å². The lowest BCUT2D eigenvalue weighted by atomic mass is 9.98. The molecule has 0 unspecified atom stereocenters. The highest BCUT2D eigenvalue weighted by molar-refractivity contribution is 7.90. The van der Waals surface area contributed by atoms with Gasteiger partial charge in [-0.1, -0.05) is 18.2 Å². The summed E-state index contributed by atoms with van der Waals surface area (Å²) in [4.78, 5) is 16.8. The number of rotatable bonds is 5. The predicted molar refractivity (Wildman–Crippen MR) is 101 cm³/mol. The number of amides is 1. The molecule has 9 heteroatoms. The van der Waals surface area contributed by atoms with Gasteiger partial charge >= 0.3 is 0 Å². The van der Waals surface area contributed by atoms with E-state index >= 15 is 0 Å². The van der Waals surface area contributed by atoms with E-state index in [1.807, 2.05) is 0 Å². The van der Waals surface area contributed by atoms with Crippen LogP contribution in [0.4, 0.5) is 13.9 Å². The quantitative estimate of drug-likeness (QED) is 0.761. The molecule has 1 fully saturated rings. The summed E-state index contributed by atoms with van der Waals surface area (Å²) in [5.74, 6) is -0.878. The van der Waals surface area contributed by atoms with E-state index in [0.29, 0.717) is 10.7 Å². The topological polar surface area (TPSA) is 76.1 Å². The van der Waals surface area contributed by atoms with Crippen LogP contribution in [-0.2, 0) is 14.6 Å². The fourth-order valence-electron chi connectivity index (χ4n) is 2.98. The molecule has 0 radical (unpaired) electrons. The Balaban J connectivity index is 1.93. The molecule has 1 aromatic heterocycles. The van der Waals surface area contributed by atoms with Crippen molar-refractivity contribution >= 4 is 37.8 Å². The van der Waals surface area contributed by atoms with Crippen LogP contribution in [0.25, 0.3) is 5.57 Å². The zero-order chi connectivity index (χ0) is 19.6. The Morgan fingerprint density at radius 2 is 1.85 bits per heavy atom. The number of hydrogen-bond donors (Lipinski definition) is 1. The number of carbonyl (C=O) groups is 1. The Morgan fingerprint density at radius 3 is 2.37 bits per heavy atom. The number of nitrogens with one attached hydrogen (secondary N) is 1. The van der Waals surface area contributed by atoms with Gasteiger partial charge in [-0.3, -0.25) is 10.1 Å². The van der Waals surface area contributed by atoms with E-state index < -0.39 is 34.0 Å². The number of sulfone groups is 1. The minimum atomic E-state index is -3.37. The number of alkyl halides is 2. The van der Waals surface area contributed by atoms with Gasteiger partial charge in [0.05, 0.1) is 4.90 Å². The Kier molecular flexibility index (Phi) is 5.71. The van der Waals surface area contributed by atoms with Gasteiger partial charge in [0, 0.05) is 23.4 Å². The van der Waals surface area contributed by atoms with Crippen molar-refractivity contribution in [1.29, 1.82) is 0 Å². The van der Waals surface area contributed by atoms with Gasteiger partial charge in [0.1, 0.15) is 12.3 Å². The molecule has 5 nitrogen and oxygen atoms in total. The minimum absolute atomic E-state index is 0.0105. The third kappa shape index (κ3) is 4.78. The van der Waals surface area contributed by atoms with Crippen LogP contribution >= 0.6 is 11.3 Å². The van der Waals surface area contributed by atoms with Gasteiger partial charge < -0.3 is 0 Å². The molecule has 0 saturated heterocycles. The van der Waals surface area contributed by atoms with Crippen LogP contribution in [-0.4, -0.2) is 37.9 Å². The minimum Gasteiger partial charge on any atom is -0.298 e. The maximum Gasteiger partial charge on any atom is 0.257 e. The van der Waals surface area contributed by atoms with Gasteiger partial charge in [-0.15, -0.1) is 11.3 Å². The molecule has 1 N–H and O–H groups in total. The van der Waals surface area contributed by atoms with E-state index in [1.165, 1.54) is 35.6 Å². The highest BCUT2D eigenvalue weighted by atomic mass is 32.2. The normalized spacial score (nSPS) is 23.4.